The highest BCUT2D eigenvalue weighted by Gasteiger charge is 2.11. The van der Waals surface area contributed by atoms with Gasteiger partial charge >= 0.3 is 0 Å². The first-order valence-corrected chi connectivity index (χ1v) is 5.31. The number of carbonyl (C=O) groups excluding carboxylic acids is 1. The zero-order valence-corrected chi connectivity index (χ0v) is 9.29. The quantitative estimate of drug-likeness (QED) is 0.700. The lowest BCUT2D eigenvalue weighted by Gasteiger charge is -2.00. The zero-order chi connectivity index (χ0) is 12.5. The molecule has 0 aliphatic heterocycles. The third kappa shape index (κ3) is 1.60. The Morgan fingerprint density at radius 2 is 2.06 bits per heavy atom. The second-order valence-electron chi connectivity index (χ2n) is 3.83. The van der Waals surface area contributed by atoms with E-state index in [-0.39, 0.29) is 5.69 Å². The van der Waals surface area contributed by atoms with E-state index in [2.05, 4.69) is 20.4 Å². The monoisotopic (exact) mass is 239 g/mol. The van der Waals surface area contributed by atoms with Crippen LogP contribution < -0.4 is 5.73 Å². The van der Waals surface area contributed by atoms with Crippen LogP contribution in [-0.2, 0) is 0 Å². The minimum Gasteiger partial charge on any atom is -0.364 e. The van der Waals surface area contributed by atoms with Gasteiger partial charge in [-0.15, -0.1) is 0 Å². The van der Waals surface area contributed by atoms with Crippen molar-refractivity contribution in [3.05, 3.63) is 42.4 Å². The first-order chi connectivity index (χ1) is 8.75. The van der Waals surface area contributed by atoms with Crippen LogP contribution in [0.5, 0.6) is 0 Å². The molecule has 2 heterocycles. The van der Waals surface area contributed by atoms with Gasteiger partial charge in [0.1, 0.15) is 0 Å². The number of nitrogens with one attached hydrogen (secondary N) is 1. The average molecular weight is 239 g/mol. The summed E-state index contributed by atoms with van der Waals surface area (Å²) in [5, 5.41) is 14.9. The third-order valence-corrected chi connectivity index (χ3v) is 2.71. The Morgan fingerprint density at radius 1 is 1.17 bits per heavy atom. The number of primary amides is 1. The minimum atomic E-state index is -0.550. The fourth-order valence-electron chi connectivity index (χ4n) is 1.84. The molecule has 2 aromatic heterocycles. The van der Waals surface area contributed by atoms with Crippen molar-refractivity contribution in [1.29, 1.82) is 0 Å². The van der Waals surface area contributed by atoms with Crippen LogP contribution in [0.25, 0.3) is 22.0 Å². The number of hydrogen-bond donors (Lipinski definition) is 2. The molecule has 0 atom stereocenters. The normalized spacial score (nSPS) is 10.7. The second-order valence-corrected chi connectivity index (χ2v) is 3.83. The van der Waals surface area contributed by atoms with Crippen LogP contribution in [0.15, 0.2) is 36.7 Å². The average Bonchev–Trinajstić information content (AvgIpc) is 2.82. The molecule has 1 amide bonds. The molecule has 0 bridgehead atoms. The van der Waals surface area contributed by atoms with Gasteiger partial charge in [-0.25, -0.2) is 0 Å². The van der Waals surface area contributed by atoms with Gasteiger partial charge in [0.05, 0.1) is 17.9 Å². The summed E-state index contributed by atoms with van der Waals surface area (Å²) in [6.45, 7) is 0. The van der Waals surface area contributed by atoms with E-state index in [1.807, 2.05) is 24.3 Å². The van der Waals surface area contributed by atoms with Gasteiger partial charge in [-0.3, -0.25) is 9.89 Å². The number of fused-ring (bicyclic) bond motifs is 1. The van der Waals surface area contributed by atoms with E-state index in [9.17, 15) is 4.79 Å². The van der Waals surface area contributed by atoms with Crippen LogP contribution in [0, 0.1) is 0 Å². The molecule has 0 saturated heterocycles. The maximum atomic E-state index is 11.2. The van der Waals surface area contributed by atoms with Crippen molar-refractivity contribution in [3.63, 3.8) is 0 Å². The van der Waals surface area contributed by atoms with E-state index >= 15 is 0 Å². The Bertz CT molecular complexity index is 720. The van der Waals surface area contributed by atoms with Gasteiger partial charge in [0.2, 0.25) is 0 Å². The molecule has 18 heavy (non-hydrogen) atoms. The largest absolute Gasteiger partial charge is 0.364 e. The second kappa shape index (κ2) is 3.92. The van der Waals surface area contributed by atoms with Crippen LogP contribution in [0.4, 0.5) is 0 Å². The Balaban J connectivity index is 2.21. The number of nitrogens with zero attached hydrogens (tertiary/aromatic N) is 3. The molecular weight excluding hydrogens is 230 g/mol. The summed E-state index contributed by atoms with van der Waals surface area (Å²) >= 11 is 0. The number of carbonyl (C=O) groups is 1. The Labute approximate surface area is 102 Å². The lowest BCUT2D eigenvalue weighted by atomic mass is 10.1. The predicted octanol–water partition coefficient (Wildman–Crippen LogP) is 1.12. The highest BCUT2D eigenvalue weighted by atomic mass is 16.1. The number of H-pyrrole nitrogens is 1. The molecule has 6 nitrogen and oxygen atoms in total. The molecule has 3 aromatic rings. The van der Waals surface area contributed by atoms with Crippen molar-refractivity contribution in [2.45, 2.75) is 0 Å². The van der Waals surface area contributed by atoms with E-state index in [0.29, 0.717) is 5.39 Å². The minimum absolute atomic E-state index is 0.244. The van der Waals surface area contributed by atoms with Gasteiger partial charge in [0.15, 0.2) is 5.69 Å². The number of amides is 1. The molecule has 3 N–H and O–H groups in total. The molecule has 0 saturated carbocycles. The number of nitrogens with two attached hydrogens (primary N) is 1. The number of benzene rings is 1. The molecule has 1 aromatic carbocycles. The summed E-state index contributed by atoms with van der Waals surface area (Å²) in [6, 6.07) is 7.47. The molecule has 6 heteroatoms. The van der Waals surface area contributed by atoms with Crippen molar-refractivity contribution < 1.29 is 4.79 Å². The topological polar surface area (TPSA) is 97.6 Å². The number of aromatic nitrogens is 4. The molecule has 0 aliphatic carbocycles. The highest BCUT2D eigenvalue weighted by Crippen LogP contribution is 2.24. The zero-order valence-electron chi connectivity index (χ0n) is 9.29. The summed E-state index contributed by atoms with van der Waals surface area (Å²) in [7, 11) is 0. The van der Waals surface area contributed by atoms with Gasteiger partial charge in [-0.2, -0.15) is 15.3 Å². The summed E-state index contributed by atoms with van der Waals surface area (Å²) < 4.78 is 0. The fraction of sp³-hybridized carbons (Fsp3) is 0. The van der Waals surface area contributed by atoms with E-state index in [0.717, 1.165) is 16.6 Å². The van der Waals surface area contributed by atoms with Crippen molar-refractivity contribution >= 4 is 16.8 Å². The lowest BCUT2D eigenvalue weighted by Crippen LogP contribution is -2.11. The molecule has 0 radical (unpaired) electrons. The van der Waals surface area contributed by atoms with Gasteiger partial charge in [0.25, 0.3) is 5.91 Å². The van der Waals surface area contributed by atoms with Crippen LogP contribution in [0.3, 0.4) is 0 Å². The molecule has 0 fully saturated rings. The van der Waals surface area contributed by atoms with Crippen LogP contribution in [-0.4, -0.2) is 26.3 Å². The van der Waals surface area contributed by atoms with Crippen molar-refractivity contribution in [2.75, 3.05) is 0 Å². The Hall–Kier alpha value is -2.76. The summed E-state index contributed by atoms with van der Waals surface area (Å²) in [5.74, 6) is -0.550. The molecular formula is C12H9N5O. The maximum absolute atomic E-state index is 11.2. The number of hydrogen-bond acceptors (Lipinski definition) is 4. The lowest BCUT2D eigenvalue weighted by molar-refractivity contribution is 0.0997. The van der Waals surface area contributed by atoms with E-state index in [4.69, 9.17) is 5.73 Å². The standard InChI is InChI=1S/C12H9N5O/c13-12(18)11-9-5-7(1-2-10(9)16-17-11)8-3-4-14-15-6-8/h1-6H,(H2,13,18)(H,16,17). The first-order valence-electron chi connectivity index (χ1n) is 5.31. The smallest absolute Gasteiger partial charge is 0.269 e. The highest BCUT2D eigenvalue weighted by molar-refractivity contribution is 6.04. The van der Waals surface area contributed by atoms with Gasteiger partial charge < -0.3 is 5.73 Å². The SMILES string of the molecule is NC(=O)c1n[nH]c2ccc(-c3ccnnc3)cc12. The number of aromatic amines is 1. The number of rotatable bonds is 2. The first kappa shape index (κ1) is 10.4. The maximum Gasteiger partial charge on any atom is 0.269 e. The van der Waals surface area contributed by atoms with Crippen molar-refractivity contribution in [2.24, 2.45) is 5.73 Å². The van der Waals surface area contributed by atoms with Crippen molar-refractivity contribution in [3.8, 4) is 11.1 Å². The predicted molar refractivity (Wildman–Crippen MR) is 65.6 cm³/mol. The van der Waals surface area contributed by atoms with Crippen molar-refractivity contribution in [1.82, 2.24) is 20.4 Å². The van der Waals surface area contributed by atoms with E-state index < -0.39 is 5.91 Å². The van der Waals surface area contributed by atoms with E-state index in [1.165, 1.54) is 0 Å². The van der Waals surface area contributed by atoms with Gasteiger partial charge in [-0.05, 0) is 23.8 Å². The van der Waals surface area contributed by atoms with Crippen LogP contribution >= 0.6 is 0 Å². The Morgan fingerprint density at radius 3 is 2.78 bits per heavy atom. The van der Waals surface area contributed by atoms with Gasteiger partial charge in [0, 0.05) is 10.9 Å². The molecule has 0 aliphatic rings. The molecule has 0 spiro atoms. The summed E-state index contributed by atoms with van der Waals surface area (Å²) in [5.41, 5.74) is 8.14. The molecule has 88 valence electrons. The molecule has 3 rings (SSSR count). The van der Waals surface area contributed by atoms with Crippen LogP contribution in [0.1, 0.15) is 10.5 Å². The summed E-state index contributed by atoms with van der Waals surface area (Å²) in [6.07, 6.45) is 3.27. The van der Waals surface area contributed by atoms with Gasteiger partial charge in [-0.1, -0.05) is 6.07 Å². The third-order valence-electron chi connectivity index (χ3n) is 2.71. The Kier molecular flexibility index (Phi) is 2.26. The van der Waals surface area contributed by atoms with E-state index in [1.54, 1.807) is 12.4 Å². The fourth-order valence-corrected chi connectivity index (χ4v) is 1.84. The summed E-state index contributed by atoms with van der Waals surface area (Å²) in [4.78, 5) is 11.2. The van der Waals surface area contributed by atoms with Crippen LogP contribution in [0.2, 0.25) is 0 Å². The molecule has 0 unspecified atom stereocenters.